The Bertz CT molecular complexity index is 1130. The van der Waals surface area contributed by atoms with E-state index in [1.807, 2.05) is 48.5 Å². The lowest BCUT2D eigenvalue weighted by Crippen LogP contribution is -2.30. The van der Waals surface area contributed by atoms with Gasteiger partial charge in [-0.3, -0.25) is 14.6 Å². The van der Waals surface area contributed by atoms with E-state index in [9.17, 15) is 14.7 Å². The Morgan fingerprint density at radius 3 is 2.41 bits per heavy atom. The zero-order valence-electron chi connectivity index (χ0n) is 17.8. The van der Waals surface area contributed by atoms with Crippen molar-refractivity contribution in [1.29, 1.82) is 0 Å². The van der Waals surface area contributed by atoms with Crippen molar-refractivity contribution >= 4 is 11.7 Å². The first-order chi connectivity index (χ1) is 15.6. The molecule has 3 aromatic rings. The summed E-state index contributed by atoms with van der Waals surface area (Å²) < 4.78 is 5.24. The number of amides is 1. The van der Waals surface area contributed by atoms with Crippen LogP contribution in [0.25, 0.3) is 0 Å². The van der Waals surface area contributed by atoms with Gasteiger partial charge in [0.1, 0.15) is 5.75 Å². The van der Waals surface area contributed by atoms with Crippen molar-refractivity contribution in [3.05, 3.63) is 107 Å². The second-order valence-corrected chi connectivity index (χ2v) is 7.64. The van der Waals surface area contributed by atoms with E-state index in [2.05, 4.69) is 4.98 Å². The van der Waals surface area contributed by atoms with Gasteiger partial charge in [-0.05, 0) is 41.3 Å². The van der Waals surface area contributed by atoms with Gasteiger partial charge >= 0.3 is 0 Å². The third-order valence-corrected chi connectivity index (χ3v) is 5.59. The molecule has 162 valence electrons. The van der Waals surface area contributed by atoms with Gasteiger partial charge in [0.15, 0.2) is 11.5 Å². The van der Waals surface area contributed by atoms with Crippen molar-refractivity contribution in [2.75, 3.05) is 7.11 Å². The summed E-state index contributed by atoms with van der Waals surface area (Å²) in [5.74, 6) is -0.609. The molecule has 1 N–H and O–H groups in total. The number of benzene rings is 2. The predicted molar refractivity (Wildman–Crippen MR) is 120 cm³/mol. The van der Waals surface area contributed by atoms with Gasteiger partial charge in [0.05, 0.1) is 18.7 Å². The maximum atomic E-state index is 13.2. The van der Waals surface area contributed by atoms with E-state index in [0.717, 1.165) is 16.7 Å². The van der Waals surface area contributed by atoms with Crippen LogP contribution in [0.3, 0.4) is 0 Å². The second-order valence-electron chi connectivity index (χ2n) is 7.64. The lowest BCUT2D eigenvalue weighted by molar-refractivity contribution is -0.130. The first-order valence-corrected chi connectivity index (χ1v) is 10.4. The maximum absolute atomic E-state index is 13.2. The van der Waals surface area contributed by atoms with E-state index in [1.165, 1.54) is 4.90 Å². The average Bonchev–Trinajstić information content (AvgIpc) is 3.09. The highest BCUT2D eigenvalue weighted by atomic mass is 16.5. The quantitative estimate of drug-likeness (QED) is 0.582. The number of ketones is 1. The minimum atomic E-state index is -0.683. The second kappa shape index (κ2) is 9.47. The van der Waals surface area contributed by atoms with Gasteiger partial charge in [-0.2, -0.15) is 0 Å². The zero-order valence-corrected chi connectivity index (χ0v) is 17.8. The number of hydrogen-bond donors (Lipinski definition) is 1. The number of rotatable bonds is 8. The van der Waals surface area contributed by atoms with Gasteiger partial charge in [-0.25, -0.2) is 0 Å². The molecule has 1 aliphatic heterocycles. The molecule has 1 aliphatic rings. The van der Waals surface area contributed by atoms with Crippen LogP contribution in [0.15, 0.2) is 90.5 Å². The molecule has 4 rings (SSSR count). The van der Waals surface area contributed by atoms with Crippen LogP contribution >= 0.6 is 0 Å². The Morgan fingerprint density at radius 1 is 1.03 bits per heavy atom. The van der Waals surface area contributed by atoms with Crippen molar-refractivity contribution in [2.24, 2.45) is 0 Å². The normalized spacial score (nSPS) is 15.8. The number of methoxy groups -OCH3 is 1. The number of aliphatic hydroxyl groups excluding tert-OH is 1. The van der Waals surface area contributed by atoms with Crippen LogP contribution in [-0.4, -0.2) is 33.8 Å². The van der Waals surface area contributed by atoms with Crippen molar-refractivity contribution in [1.82, 2.24) is 9.88 Å². The molecule has 6 nitrogen and oxygen atoms in total. The van der Waals surface area contributed by atoms with E-state index in [1.54, 1.807) is 37.7 Å². The number of aliphatic hydroxyl groups is 1. The van der Waals surface area contributed by atoms with Gasteiger partial charge in [0.2, 0.25) is 0 Å². The van der Waals surface area contributed by atoms with Crippen molar-refractivity contribution in [3.63, 3.8) is 0 Å². The van der Waals surface area contributed by atoms with Crippen LogP contribution in [0.2, 0.25) is 0 Å². The molecule has 0 aliphatic carbocycles. The molecular weight excluding hydrogens is 404 g/mol. The summed E-state index contributed by atoms with van der Waals surface area (Å²) in [7, 11) is 1.58. The van der Waals surface area contributed by atoms with Gasteiger partial charge in [-0.1, -0.05) is 48.5 Å². The number of Topliss-reactive ketones (excluding diaryl/α,β-unsaturated/α-hetero) is 1. The van der Waals surface area contributed by atoms with Crippen LogP contribution in [0, 0.1) is 0 Å². The molecule has 6 heteroatoms. The van der Waals surface area contributed by atoms with Crippen LogP contribution in [-0.2, 0) is 22.6 Å². The summed E-state index contributed by atoms with van der Waals surface area (Å²) in [5.41, 5.74) is 2.71. The Hall–Kier alpha value is -3.93. The minimum absolute atomic E-state index is 0.139. The molecule has 0 radical (unpaired) electrons. The van der Waals surface area contributed by atoms with Crippen LogP contribution in [0.1, 0.15) is 29.2 Å². The van der Waals surface area contributed by atoms with E-state index in [0.29, 0.717) is 12.2 Å². The zero-order chi connectivity index (χ0) is 22.5. The number of aromatic nitrogens is 1. The Labute approximate surface area is 186 Å². The number of hydrogen-bond acceptors (Lipinski definition) is 5. The first kappa shape index (κ1) is 21.3. The Morgan fingerprint density at radius 2 is 1.75 bits per heavy atom. The summed E-state index contributed by atoms with van der Waals surface area (Å²) in [6.07, 6.45) is 4.06. The Balaban J connectivity index is 1.66. The van der Waals surface area contributed by atoms with E-state index >= 15 is 0 Å². The molecule has 0 saturated heterocycles. The maximum Gasteiger partial charge on any atom is 0.290 e. The summed E-state index contributed by atoms with van der Waals surface area (Å²) in [4.78, 5) is 31.9. The molecule has 32 heavy (non-hydrogen) atoms. The first-order valence-electron chi connectivity index (χ1n) is 10.4. The van der Waals surface area contributed by atoms with E-state index in [-0.39, 0.29) is 24.3 Å². The van der Waals surface area contributed by atoms with Gasteiger partial charge in [0, 0.05) is 25.4 Å². The Kier molecular flexibility index (Phi) is 6.31. The lowest BCUT2D eigenvalue weighted by atomic mass is 9.93. The minimum Gasteiger partial charge on any atom is -0.503 e. The SMILES string of the molecule is COc1ccc(C2C(C(=O)CCc3ccccc3)=C(O)C(=O)N2Cc2cccnc2)cc1. The monoisotopic (exact) mass is 428 g/mol. The van der Waals surface area contributed by atoms with Gasteiger partial charge in [-0.15, -0.1) is 0 Å². The third-order valence-electron chi connectivity index (χ3n) is 5.59. The molecule has 2 aromatic carbocycles. The molecule has 0 spiro atoms. The smallest absolute Gasteiger partial charge is 0.290 e. The molecular formula is C26H24N2O4. The lowest BCUT2D eigenvalue weighted by Gasteiger charge is -2.27. The number of carbonyl (C=O) groups is 2. The summed E-state index contributed by atoms with van der Waals surface area (Å²) in [6, 6.07) is 19.8. The molecule has 1 unspecified atom stereocenters. The molecule has 0 fully saturated rings. The van der Waals surface area contributed by atoms with Crippen LogP contribution < -0.4 is 4.74 Å². The van der Waals surface area contributed by atoms with Crippen molar-refractivity contribution in [3.8, 4) is 5.75 Å². The standard InChI is InChI=1S/C26H24N2O4/c1-32-21-12-10-20(11-13-21)24-23(22(29)14-9-18-6-3-2-4-7-18)25(30)26(31)28(24)17-19-8-5-15-27-16-19/h2-8,10-13,15-16,24,30H,9,14,17H2,1H3. The van der Waals surface area contributed by atoms with Crippen LogP contribution in [0.4, 0.5) is 0 Å². The topological polar surface area (TPSA) is 79.7 Å². The molecule has 0 saturated carbocycles. The fourth-order valence-corrected chi connectivity index (χ4v) is 3.96. The highest BCUT2D eigenvalue weighted by molar-refractivity contribution is 6.09. The number of pyridine rings is 1. The molecule has 2 heterocycles. The largest absolute Gasteiger partial charge is 0.503 e. The number of ether oxygens (including phenoxy) is 1. The number of carbonyl (C=O) groups excluding carboxylic acids is 2. The molecule has 0 bridgehead atoms. The number of nitrogens with zero attached hydrogens (tertiary/aromatic N) is 2. The van der Waals surface area contributed by atoms with Crippen molar-refractivity contribution < 1.29 is 19.4 Å². The number of aryl methyl sites for hydroxylation is 1. The van der Waals surface area contributed by atoms with Crippen molar-refractivity contribution in [2.45, 2.75) is 25.4 Å². The van der Waals surface area contributed by atoms with Gasteiger partial charge < -0.3 is 14.7 Å². The summed E-state index contributed by atoms with van der Waals surface area (Å²) in [5, 5.41) is 10.7. The third kappa shape index (κ3) is 4.39. The van der Waals surface area contributed by atoms with Gasteiger partial charge in [0.25, 0.3) is 5.91 Å². The average molecular weight is 428 g/mol. The highest BCUT2D eigenvalue weighted by Crippen LogP contribution is 2.39. The summed E-state index contributed by atoms with van der Waals surface area (Å²) in [6.45, 7) is 0.225. The van der Waals surface area contributed by atoms with E-state index in [4.69, 9.17) is 4.74 Å². The highest BCUT2D eigenvalue weighted by Gasteiger charge is 2.43. The molecule has 1 amide bonds. The van der Waals surface area contributed by atoms with Crippen LogP contribution in [0.5, 0.6) is 5.75 Å². The fourth-order valence-electron chi connectivity index (χ4n) is 3.96. The molecule has 1 aromatic heterocycles. The predicted octanol–water partition coefficient (Wildman–Crippen LogP) is 4.19. The fraction of sp³-hybridized carbons (Fsp3) is 0.192. The van der Waals surface area contributed by atoms with E-state index < -0.39 is 17.7 Å². The summed E-state index contributed by atoms with van der Waals surface area (Å²) >= 11 is 0. The molecule has 1 atom stereocenters.